The maximum Gasteiger partial charge on any atom is 0.000528 e. The Balaban J connectivity index is 2.11. The summed E-state index contributed by atoms with van der Waals surface area (Å²) in [4.78, 5) is 0. The van der Waals surface area contributed by atoms with Crippen molar-refractivity contribution in [2.75, 3.05) is 19.6 Å². The molecule has 1 fully saturated rings. The summed E-state index contributed by atoms with van der Waals surface area (Å²) in [6, 6.07) is 0. The standard InChI is InChI=1S/C13H28N2/c1-11(2)7-12(8-14)9-15-10-13(3)5-4-6-13/h11-12,15H,4-10,14H2,1-3H3. The Hall–Kier alpha value is -0.0800. The van der Waals surface area contributed by atoms with Crippen LogP contribution in [-0.4, -0.2) is 19.6 Å². The van der Waals surface area contributed by atoms with Crippen molar-refractivity contribution in [2.24, 2.45) is 23.0 Å². The molecule has 3 N–H and O–H groups in total. The molecule has 0 aliphatic heterocycles. The maximum atomic E-state index is 5.78. The maximum absolute atomic E-state index is 5.78. The molecule has 0 heterocycles. The fourth-order valence-electron chi connectivity index (χ4n) is 2.46. The molecule has 1 rings (SSSR count). The molecule has 1 saturated carbocycles. The fourth-order valence-corrected chi connectivity index (χ4v) is 2.46. The van der Waals surface area contributed by atoms with Crippen LogP contribution in [0.5, 0.6) is 0 Å². The lowest BCUT2D eigenvalue weighted by atomic mass is 9.70. The summed E-state index contributed by atoms with van der Waals surface area (Å²) < 4.78 is 0. The lowest BCUT2D eigenvalue weighted by Gasteiger charge is -2.39. The van der Waals surface area contributed by atoms with E-state index in [0.29, 0.717) is 11.3 Å². The zero-order valence-corrected chi connectivity index (χ0v) is 10.7. The van der Waals surface area contributed by atoms with Crippen LogP contribution in [0, 0.1) is 17.3 Å². The van der Waals surface area contributed by atoms with Gasteiger partial charge in [-0.1, -0.05) is 27.2 Å². The smallest absolute Gasteiger partial charge is 0.000528 e. The van der Waals surface area contributed by atoms with Gasteiger partial charge >= 0.3 is 0 Å². The molecule has 1 aliphatic carbocycles. The Morgan fingerprint density at radius 1 is 1.33 bits per heavy atom. The van der Waals surface area contributed by atoms with Crippen LogP contribution >= 0.6 is 0 Å². The normalized spacial score (nSPS) is 21.4. The third-order valence-electron chi connectivity index (χ3n) is 3.68. The van der Waals surface area contributed by atoms with Gasteiger partial charge in [0.15, 0.2) is 0 Å². The predicted molar refractivity (Wildman–Crippen MR) is 66.8 cm³/mol. The Kier molecular flexibility index (Phi) is 5.07. The highest BCUT2D eigenvalue weighted by atomic mass is 14.9. The summed E-state index contributed by atoms with van der Waals surface area (Å²) in [7, 11) is 0. The van der Waals surface area contributed by atoms with Crippen molar-refractivity contribution in [3.05, 3.63) is 0 Å². The van der Waals surface area contributed by atoms with Gasteiger partial charge < -0.3 is 11.1 Å². The van der Waals surface area contributed by atoms with Gasteiger partial charge in [0.05, 0.1) is 0 Å². The minimum atomic E-state index is 0.594. The number of rotatable bonds is 7. The summed E-state index contributed by atoms with van der Waals surface area (Å²) in [6.07, 6.45) is 5.47. The topological polar surface area (TPSA) is 38.0 Å². The fraction of sp³-hybridized carbons (Fsp3) is 1.00. The van der Waals surface area contributed by atoms with E-state index in [1.165, 1.54) is 32.2 Å². The minimum absolute atomic E-state index is 0.594. The van der Waals surface area contributed by atoms with Gasteiger partial charge in [0.25, 0.3) is 0 Å². The molecule has 0 aromatic heterocycles. The summed E-state index contributed by atoms with van der Waals surface area (Å²) in [6.45, 7) is 10.0. The monoisotopic (exact) mass is 212 g/mol. The first-order valence-electron chi connectivity index (χ1n) is 6.46. The Morgan fingerprint density at radius 3 is 2.40 bits per heavy atom. The number of hydrogen-bond acceptors (Lipinski definition) is 2. The van der Waals surface area contributed by atoms with Crippen LogP contribution in [0.25, 0.3) is 0 Å². The molecule has 1 atom stereocenters. The Labute approximate surface area is 95.0 Å². The lowest BCUT2D eigenvalue weighted by molar-refractivity contribution is 0.154. The quantitative estimate of drug-likeness (QED) is 0.680. The average molecular weight is 212 g/mol. The summed E-state index contributed by atoms with van der Waals surface area (Å²) in [5, 5.41) is 3.60. The highest BCUT2D eigenvalue weighted by Gasteiger charge is 2.31. The molecule has 0 amide bonds. The van der Waals surface area contributed by atoms with Gasteiger partial charge in [-0.05, 0) is 49.6 Å². The third kappa shape index (κ3) is 4.52. The van der Waals surface area contributed by atoms with E-state index in [9.17, 15) is 0 Å². The average Bonchev–Trinajstić information content (AvgIpc) is 2.13. The molecular weight excluding hydrogens is 184 g/mol. The molecule has 2 nitrogen and oxygen atoms in total. The predicted octanol–water partition coefficient (Wildman–Crippen LogP) is 2.39. The van der Waals surface area contributed by atoms with Gasteiger partial charge in [-0.15, -0.1) is 0 Å². The van der Waals surface area contributed by atoms with E-state index in [0.717, 1.165) is 19.0 Å². The van der Waals surface area contributed by atoms with Gasteiger partial charge in [0.1, 0.15) is 0 Å². The first-order valence-corrected chi connectivity index (χ1v) is 6.46. The minimum Gasteiger partial charge on any atom is -0.330 e. The summed E-state index contributed by atoms with van der Waals surface area (Å²) >= 11 is 0. The van der Waals surface area contributed by atoms with Crippen molar-refractivity contribution in [3.8, 4) is 0 Å². The van der Waals surface area contributed by atoms with Crippen molar-refractivity contribution in [2.45, 2.75) is 46.5 Å². The molecule has 0 saturated heterocycles. The number of hydrogen-bond donors (Lipinski definition) is 2. The second kappa shape index (κ2) is 5.86. The van der Waals surface area contributed by atoms with E-state index in [1.54, 1.807) is 0 Å². The van der Waals surface area contributed by atoms with E-state index in [1.807, 2.05) is 0 Å². The van der Waals surface area contributed by atoms with Crippen LogP contribution in [0.2, 0.25) is 0 Å². The molecular formula is C13H28N2. The highest BCUT2D eigenvalue weighted by molar-refractivity contribution is 4.85. The Morgan fingerprint density at radius 2 is 2.00 bits per heavy atom. The zero-order valence-electron chi connectivity index (χ0n) is 10.7. The first kappa shape index (κ1) is 13.0. The molecule has 90 valence electrons. The summed E-state index contributed by atoms with van der Waals surface area (Å²) in [5.41, 5.74) is 6.37. The lowest BCUT2D eigenvalue weighted by Crippen LogP contribution is -2.40. The van der Waals surface area contributed by atoms with Crippen molar-refractivity contribution in [3.63, 3.8) is 0 Å². The molecule has 15 heavy (non-hydrogen) atoms. The molecule has 0 radical (unpaired) electrons. The largest absolute Gasteiger partial charge is 0.330 e. The SMILES string of the molecule is CC(C)CC(CN)CNCC1(C)CCC1. The molecule has 0 aromatic rings. The van der Waals surface area contributed by atoms with Crippen molar-refractivity contribution >= 4 is 0 Å². The molecule has 1 unspecified atom stereocenters. The van der Waals surface area contributed by atoms with Crippen LogP contribution in [0.3, 0.4) is 0 Å². The van der Waals surface area contributed by atoms with E-state index in [-0.39, 0.29) is 0 Å². The molecule has 1 aliphatic rings. The summed E-state index contributed by atoms with van der Waals surface area (Å²) in [5.74, 6) is 1.42. The van der Waals surface area contributed by atoms with Crippen molar-refractivity contribution in [1.82, 2.24) is 5.32 Å². The molecule has 2 heteroatoms. The van der Waals surface area contributed by atoms with E-state index in [2.05, 4.69) is 26.1 Å². The number of nitrogens with one attached hydrogen (secondary N) is 1. The molecule has 0 bridgehead atoms. The van der Waals surface area contributed by atoms with E-state index < -0.39 is 0 Å². The van der Waals surface area contributed by atoms with Gasteiger partial charge in [-0.25, -0.2) is 0 Å². The Bertz CT molecular complexity index is 173. The van der Waals surface area contributed by atoms with Gasteiger partial charge in [0.2, 0.25) is 0 Å². The van der Waals surface area contributed by atoms with Gasteiger partial charge in [0, 0.05) is 6.54 Å². The van der Waals surface area contributed by atoms with Crippen molar-refractivity contribution < 1.29 is 0 Å². The van der Waals surface area contributed by atoms with E-state index >= 15 is 0 Å². The second-order valence-corrected chi connectivity index (χ2v) is 6.03. The molecule has 0 spiro atoms. The van der Waals surface area contributed by atoms with E-state index in [4.69, 9.17) is 5.73 Å². The third-order valence-corrected chi connectivity index (χ3v) is 3.68. The van der Waals surface area contributed by atoms with Crippen molar-refractivity contribution in [1.29, 1.82) is 0 Å². The highest BCUT2D eigenvalue weighted by Crippen LogP contribution is 2.39. The van der Waals surface area contributed by atoms with Crippen LogP contribution in [0.15, 0.2) is 0 Å². The van der Waals surface area contributed by atoms with Gasteiger partial charge in [-0.2, -0.15) is 0 Å². The first-order chi connectivity index (χ1) is 7.06. The second-order valence-electron chi connectivity index (χ2n) is 6.03. The van der Waals surface area contributed by atoms with Crippen LogP contribution < -0.4 is 11.1 Å². The molecule has 0 aromatic carbocycles. The van der Waals surface area contributed by atoms with Gasteiger partial charge in [-0.3, -0.25) is 0 Å². The van der Waals surface area contributed by atoms with Crippen LogP contribution in [0.4, 0.5) is 0 Å². The van der Waals surface area contributed by atoms with Crippen LogP contribution in [-0.2, 0) is 0 Å². The zero-order chi connectivity index (χ0) is 11.3. The van der Waals surface area contributed by atoms with Crippen LogP contribution in [0.1, 0.15) is 46.5 Å². The number of nitrogens with two attached hydrogens (primary N) is 1.